The highest BCUT2D eigenvalue weighted by Gasteiger charge is 2.25. The zero-order valence-electron chi connectivity index (χ0n) is 19.7. The Labute approximate surface area is 207 Å². The second kappa shape index (κ2) is 10.3. The average molecular weight is 491 g/mol. The summed E-state index contributed by atoms with van der Waals surface area (Å²) < 4.78 is 20.3. The summed E-state index contributed by atoms with van der Waals surface area (Å²) in [5.74, 6) is 0.674. The number of primary amides is 1. The molecule has 4 N–H and O–H groups in total. The van der Waals surface area contributed by atoms with Gasteiger partial charge in [-0.05, 0) is 74.8 Å². The summed E-state index contributed by atoms with van der Waals surface area (Å²) in [6.45, 7) is 3.10. The SMILES string of the molecule is NC(=O)c1cc(N[C@H]2CCNC2=O)nc(-c2ccc(Oc3ccc(F)c(CN4CCCC4)c3)cc2)n1. The number of benzene rings is 2. The molecule has 2 aliphatic heterocycles. The smallest absolute Gasteiger partial charge is 0.267 e. The zero-order valence-corrected chi connectivity index (χ0v) is 19.7. The van der Waals surface area contributed by atoms with Gasteiger partial charge in [-0.3, -0.25) is 14.5 Å². The molecule has 36 heavy (non-hydrogen) atoms. The van der Waals surface area contributed by atoms with Gasteiger partial charge in [-0.1, -0.05) is 0 Å². The number of carbonyl (C=O) groups excluding carboxylic acids is 2. The van der Waals surface area contributed by atoms with Crippen molar-refractivity contribution in [1.82, 2.24) is 20.2 Å². The molecule has 2 saturated heterocycles. The normalized spacial score (nSPS) is 17.7. The number of nitrogens with zero attached hydrogens (tertiary/aromatic N) is 3. The number of aromatic nitrogens is 2. The molecule has 0 radical (unpaired) electrons. The molecule has 1 atom stereocenters. The monoisotopic (exact) mass is 490 g/mol. The maximum absolute atomic E-state index is 14.3. The van der Waals surface area contributed by atoms with Crippen molar-refractivity contribution in [3.8, 4) is 22.9 Å². The summed E-state index contributed by atoms with van der Waals surface area (Å²) >= 11 is 0. The molecule has 2 aromatic carbocycles. The maximum Gasteiger partial charge on any atom is 0.267 e. The number of anilines is 1. The fraction of sp³-hybridized carbons (Fsp3) is 0.308. The molecule has 3 heterocycles. The Bertz CT molecular complexity index is 1280. The third-order valence-corrected chi connectivity index (χ3v) is 6.31. The van der Waals surface area contributed by atoms with Gasteiger partial charge in [0.25, 0.3) is 5.91 Å². The van der Waals surface area contributed by atoms with Gasteiger partial charge in [-0.25, -0.2) is 14.4 Å². The molecule has 2 aliphatic rings. The third kappa shape index (κ3) is 5.44. The Morgan fingerprint density at radius 3 is 2.56 bits per heavy atom. The number of rotatable bonds is 8. The van der Waals surface area contributed by atoms with Gasteiger partial charge in [-0.2, -0.15) is 0 Å². The highest BCUT2D eigenvalue weighted by molar-refractivity contribution is 5.92. The standard InChI is InChI=1S/C26H27FN6O3/c27-20-8-7-19(13-17(20)15-33-11-1-2-12-33)36-18-5-3-16(4-6-18)25-31-22(24(28)34)14-23(32-25)30-21-9-10-29-26(21)35/h3-8,13-14,21H,1-2,9-12,15H2,(H2,28,34)(H,29,35)(H,30,31,32)/t21-/m0/s1. The number of hydrogen-bond donors (Lipinski definition) is 3. The molecular weight excluding hydrogens is 463 g/mol. The number of halogens is 1. The van der Waals surface area contributed by atoms with Crippen molar-refractivity contribution in [1.29, 1.82) is 0 Å². The van der Waals surface area contributed by atoms with E-state index in [4.69, 9.17) is 10.5 Å². The van der Waals surface area contributed by atoms with Gasteiger partial charge in [0, 0.05) is 30.3 Å². The first kappa shape index (κ1) is 23.7. The Morgan fingerprint density at radius 2 is 1.86 bits per heavy atom. The summed E-state index contributed by atoms with van der Waals surface area (Å²) in [7, 11) is 0. The van der Waals surface area contributed by atoms with Gasteiger partial charge in [0.1, 0.15) is 34.9 Å². The van der Waals surface area contributed by atoms with Crippen LogP contribution in [0.2, 0.25) is 0 Å². The molecule has 10 heteroatoms. The summed E-state index contributed by atoms with van der Waals surface area (Å²) in [4.78, 5) is 34.7. The average Bonchev–Trinajstić information content (AvgIpc) is 3.53. The van der Waals surface area contributed by atoms with Gasteiger partial charge in [0.15, 0.2) is 5.82 Å². The fourth-order valence-electron chi connectivity index (χ4n) is 4.41. The molecule has 0 spiro atoms. The predicted molar refractivity (Wildman–Crippen MR) is 132 cm³/mol. The summed E-state index contributed by atoms with van der Waals surface area (Å²) in [5, 5.41) is 5.80. The zero-order chi connectivity index (χ0) is 25.1. The summed E-state index contributed by atoms with van der Waals surface area (Å²) in [6, 6.07) is 12.8. The number of nitrogens with two attached hydrogens (primary N) is 1. The van der Waals surface area contributed by atoms with Crippen LogP contribution in [0.1, 0.15) is 35.3 Å². The predicted octanol–water partition coefficient (Wildman–Crippen LogP) is 3.07. The summed E-state index contributed by atoms with van der Waals surface area (Å²) in [6.07, 6.45) is 2.90. The number of amides is 2. The number of carbonyl (C=O) groups is 2. The highest BCUT2D eigenvalue weighted by Crippen LogP contribution is 2.28. The molecule has 9 nitrogen and oxygen atoms in total. The van der Waals surface area contributed by atoms with Crippen molar-refractivity contribution >= 4 is 17.6 Å². The molecule has 2 fully saturated rings. The van der Waals surface area contributed by atoms with Gasteiger partial charge in [0.2, 0.25) is 5.91 Å². The van der Waals surface area contributed by atoms with E-state index >= 15 is 0 Å². The van der Waals surface area contributed by atoms with Gasteiger partial charge in [0.05, 0.1) is 0 Å². The first-order valence-corrected chi connectivity index (χ1v) is 12.0. The second-order valence-electron chi connectivity index (χ2n) is 8.97. The van der Waals surface area contributed by atoms with Crippen LogP contribution in [0.3, 0.4) is 0 Å². The third-order valence-electron chi connectivity index (χ3n) is 6.31. The molecular formula is C26H27FN6O3. The molecule has 3 aromatic rings. The van der Waals surface area contributed by atoms with Gasteiger partial charge >= 0.3 is 0 Å². The van der Waals surface area contributed by atoms with Crippen LogP contribution in [-0.2, 0) is 11.3 Å². The van der Waals surface area contributed by atoms with E-state index in [0.29, 0.717) is 48.0 Å². The van der Waals surface area contributed by atoms with Crippen molar-refractivity contribution in [2.24, 2.45) is 5.73 Å². The number of ether oxygens (including phenoxy) is 1. The van der Waals surface area contributed by atoms with Crippen LogP contribution >= 0.6 is 0 Å². The Kier molecular flexibility index (Phi) is 6.77. The lowest BCUT2D eigenvalue weighted by molar-refractivity contribution is -0.119. The maximum atomic E-state index is 14.3. The van der Waals surface area contributed by atoms with Crippen molar-refractivity contribution < 1.29 is 18.7 Å². The molecule has 0 bridgehead atoms. The fourth-order valence-corrected chi connectivity index (χ4v) is 4.41. The quantitative estimate of drug-likeness (QED) is 0.444. The Hall–Kier alpha value is -4.05. The topological polar surface area (TPSA) is 122 Å². The Morgan fingerprint density at radius 1 is 1.11 bits per heavy atom. The molecule has 0 saturated carbocycles. The molecule has 186 valence electrons. The first-order chi connectivity index (χ1) is 17.4. The van der Waals surface area contributed by atoms with E-state index in [-0.39, 0.29) is 23.2 Å². The lowest BCUT2D eigenvalue weighted by atomic mass is 10.1. The highest BCUT2D eigenvalue weighted by atomic mass is 19.1. The van der Waals surface area contributed by atoms with Crippen LogP contribution in [0.5, 0.6) is 11.5 Å². The minimum absolute atomic E-state index is 0.0399. The van der Waals surface area contributed by atoms with Crippen molar-refractivity contribution in [3.05, 3.63) is 65.6 Å². The molecule has 0 aliphatic carbocycles. The first-order valence-electron chi connectivity index (χ1n) is 12.0. The minimum Gasteiger partial charge on any atom is -0.457 e. The van der Waals surface area contributed by atoms with Crippen LogP contribution in [0, 0.1) is 5.82 Å². The van der Waals surface area contributed by atoms with E-state index in [0.717, 1.165) is 25.9 Å². The molecule has 5 rings (SSSR count). The van der Waals surface area contributed by atoms with Crippen molar-refractivity contribution in [2.75, 3.05) is 25.0 Å². The summed E-state index contributed by atoms with van der Waals surface area (Å²) in [5.41, 5.74) is 6.75. The minimum atomic E-state index is -0.696. The number of nitrogens with one attached hydrogen (secondary N) is 2. The van der Waals surface area contributed by atoms with Crippen LogP contribution in [0.4, 0.5) is 10.2 Å². The van der Waals surface area contributed by atoms with E-state index in [1.165, 1.54) is 12.1 Å². The van der Waals surface area contributed by atoms with E-state index in [1.807, 2.05) is 0 Å². The van der Waals surface area contributed by atoms with Crippen molar-refractivity contribution in [2.45, 2.75) is 31.8 Å². The van der Waals surface area contributed by atoms with E-state index in [2.05, 4.69) is 25.5 Å². The van der Waals surface area contributed by atoms with Crippen LogP contribution in [0.25, 0.3) is 11.4 Å². The van der Waals surface area contributed by atoms with Crippen LogP contribution in [0.15, 0.2) is 48.5 Å². The molecule has 2 amide bonds. The lowest BCUT2D eigenvalue weighted by Crippen LogP contribution is -2.30. The second-order valence-corrected chi connectivity index (χ2v) is 8.97. The lowest BCUT2D eigenvalue weighted by Gasteiger charge is -2.16. The van der Waals surface area contributed by atoms with Gasteiger partial charge in [-0.15, -0.1) is 0 Å². The van der Waals surface area contributed by atoms with Crippen LogP contribution in [-0.4, -0.2) is 52.4 Å². The molecule has 0 unspecified atom stereocenters. The number of likely N-dealkylation sites (tertiary alicyclic amines) is 1. The largest absolute Gasteiger partial charge is 0.457 e. The Balaban J connectivity index is 1.33. The molecule has 1 aromatic heterocycles. The number of hydrogen-bond acceptors (Lipinski definition) is 7. The van der Waals surface area contributed by atoms with E-state index in [9.17, 15) is 14.0 Å². The van der Waals surface area contributed by atoms with E-state index in [1.54, 1.807) is 36.4 Å². The van der Waals surface area contributed by atoms with Crippen LogP contribution < -0.4 is 21.1 Å². The van der Waals surface area contributed by atoms with E-state index < -0.39 is 11.9 Å². The van der Waals surface area contributed by atoms with Gasteiger partial charge < -0.3 is 21.1 Å². The van der Waals surface area contributed by atoms with Crippen molar-refractivity contribution in [3.63, 3.8) is 0 Å².